The minimum absolute atomic E-state index is 0.0421. The van der Waals surface area contributed by atoms with Crippen molar-refractivity contribution in [2.75, 3.05) is 13.2 Å². The molecule has 6 nitrogen and oxygen atoms in total. The lowest BCUT2D eigenvalue weighted by atomic mass is 10.0. The molecule has 0 aliphatic rings. The summed E-state index contributed by atoms with van der Waals surface area (Å²) in [5.74, 6) is -0.312. The van der Waals surface area contributed by atoms with E-state index in [1.54, 1.807) is 51.1 Å². The molecular weight excluding hydrogens is 356 g/mol. The van der Waals surface area contributed by atoms with E-state index in [2.05, 4.69) is 11.6 Å². The van der Waals surface area contributed by atoms with Gasteiger partial charge in [-0.25, -0.2) is 4.79 Å². The second-order valence-corrected chi connectivity index (χ2v) is 6.01. The molecule has 0 aliphatic heterocycles. The third-order valence-electron chi connectivity index (χ3n) is 4.07. The zero-order valence-corrected chi connectivity index (χ0v) is 16.2. The number of allylic oxidation sites excluding steroid dienone is 1. The zero-order valence-electron chi connectivity index (χ0n) is 16.2. The van der Waals surface area contributed by atoms with Crippen molar-refractivity contribution >= 4 is 17.8 Å². The van der Waals surface area contributed by atoms with E-state index in [-0.39, 0.29) is 17.9 Å². The van der Waals surface area contributed by atoms with Gasteiger partial charge in [-0.15, -0.1) is 0 Å². The SMILES string of the molecule is C=CCOc1ccc(/C=C(\C#N)C(=O)c2[nH]c(C)c(C(=O)OCC)c2C)cc1. The number of benzene rings is 1. The smallest absolute Gasteiger partial charge is 0.340 e. The molecule has 0 saturated heterocycles. The van der Waals surface area contributed by atoms with Crippen molar-refractivity contribution in [3.05, 3.63) is 70.6 Å². The van der Waals surface area contributed by atoms with Crippen LogP contribution in [0, 0.1) is 25.2 Å². The maximum atomic E-state index is 12.8. The molecule has 2 aromatic rings. The Morgan fingerprint density at radius 3 is 2.50 bits per heavy atom. The predicted octanol–water partition coefficient (Wildman–Crippen LogP) is 4.16. The van der Waals surface area contributed by atoms with Gasteiger partial charge in [0.05, 0.1) is 17.9 Å². The van der Waals surface area contributed by atoms with Crippen molar-refractivity contribution in [1.29, 1.82) is 5.26 Å². The van der Waals surface area contributed by atoms with Crippen LogP contribution in [0.25, 0.3) is 6.08 Å². The minimum atomic E-state index is -0.495. The molecule has 1 heterocycles. The summed E-state index contributed by atoms with van der Waals surface area (Å²) in [6, 6.07) is 8.93. The Bertz CT molecular complexity index is 960. The third-order valence-corrected chi connectivity index (χ3v) is 4.07. The van der Waals surface area contributed by atoms with Crippen LogP contribution in [0.3, 0.4) is 0 Å². The van der Waals surface area contributed by atoms with Crippen LogP contribution in [-0.2, 0) is 4.74 Å². The van der Waals surface area contributed by atoms with Crippen LogP contribution in [0.2, 0.25) is 0 Å². The van der Waals surface area contributed by atoms with Crippen molar-refractivity contribution in [3.8, 4) is 11.8 Å². The number of nitriles is 1. The molecule has 144 valence electrons. The van der Waals surface area contributed by atoms with E-state index < -0.39 is 11.8 Å². The van der Waals surface area contributed by atoms with E-state index in [9.17, 15) is 14.9 Å². The minimum Gasteiger partial charge on any atom is -0.490 e. The number of nitrogens with zero attached hydrogens (tertiary/aromatic N) is 1. The van der Waals surface area contributed by atoms with E-state index in [0.29, 0.717) is 34.7 Å². The van der Waals surface area contributed by atoms with Gasteiger partial charge in [-0.1, -0.05) is 24.8 Å². The summed E-state index contributed by atoms with van der Waals surface area (Å²) in [7, 11) is 0. The number of carbonyl (C=O) groups is 2. The fraction of sp³-hybridized carbons (Fsp3) is 0.227. The summed E-state index contributed by atoms with van der Waals surface area (Å²) in [6.45, 7) is 9.28. The number of esters is 1. The number of H-pyrrole nitrogens is 1. The zero-order chi connectivity index (χ0) is 20.7. The average molecular weight is 378 g/mol. The number of hydrogen-bond acceptors (Lipinski definition) is 5. The van der Waals surface area contributed by atoms with Gasteiger partial charge in [0.2, 0.25) is 5.78 Å². The van der Waals surface area contributed by atoms with Gasteiger partial charge < -0.3 is 14.5 Å². The van der Waals surface area contributed by atoms with E-state index in [1.165, 1.54) is 6.08 Å². The first-order chi connectivity index (χ1) is 13.4. The molecule has 1 aromatic carbocycles. The molecule has 6 heteroatoms. The first-order valence-corrected chi connectivity index (χ1v) is 8.79. The predicted molar refractivity (Wildman–Crippen MR) is 106 cm³/mol. The Hall–Kier alpha value is -3.59. The molecule has 0 bridgehead atoms. The molecule has 0 aliphatic carbocycles. The summed E-state index contributed by atoms with van der Waals surface area (Å²) in [5, 5.41) is 9.47. The molecule has 0 spiro atoms. The molecule has 0 saturated carbocycles. The van der Waals surface area contributed by atoms with Crippen LogP contribution < -0.4 is 4.74 Å². The number of Topliss-reactive ketones (excluding diaryl/α,β-unsaturated/α-hetero) is 1. The van der Waals surface area contributed by atoms with Gasteiger partial charge in [0.15, 0.2) is 0 Å². The summed E-state index contributed by atoms with van der Waals surface area (Å²) >= 11 is 0. The molecule has 2 rings (SSSR count). The van der Waals surface area contributed by atoms with Crippen LogP contribution in [0.5, 0.6) is 5.75 Å². The van der Waals surface area contributed by atoms with Crippen molar-refractivity contribution in [3.63, 3.8) is 0 Å². The van der Waals surface area contributed by atoms with Gasteiger partial charge in [0, 0.05) is 5.69 Å². The van der Waals surface area contributed by atoms with Crippen molar-refractivity contribution in [2.24, 2.45) is 0 Å². The second-order valence-electron chi connectivity index (χ2n) is 6.01. The lowest BCUT2D eigenvalue weighted by molar-refractivity contribution is 0.0525. The van der Waals surface area contributed by atoms with Crippen LogP contribution in [-0.4, -0.2) is 30.0 Å². The molecule has 0 atom stereocenters. The third kappa shape index (κ3) is 4.57. The Balaban J connectivity index is 2.32. The average Bonchev–Trinajstić information content (AvgIpc) is 2.99. The molecule has 1 N–H and O–H groups in total. The molecule has 0 radical (unpaired) electrons. The highest BCUT2D eigenvalue weighted by Gasteiger charge is 2.24. The molecule has 1 aromatic heterocycles. The normalized spacial score (nSPS) is 10.9. The van der Waals surface area contributed by atoms with Gasteiger partial charge in [0.1, 0.15) is 24.0 Å². The highest BCUT2D eigenvalue weighted by atomic mass is 16.5. The largest absolute Gasteiger partial charge is 0.490 e. The Labute approximate surface area is 164 Å². The van der Waals surface area contributed by atoms with Crippen LogP contribution >= 0.6 is 0 Å². The topological polar surface area (TPSA) is 92.2 Å². The van der Waals surface area contributed by atoms with Gasteiger partial charge in [-0.2, -0.15) is 5.26 Å². The van der Waals surface area contributed by atoms with E-state index in [1.807, 2.05) is 6.07 Å². The van der Waals surface area contributed by atoms with Crippen LogP contribution in [0.15, 0.2) is 42.5 Å². The Kier molecular flexibility index (Phi) is 6.94. The first kappa shape index (κ1) is 20.7. The molecule has 0 unspecified atom stereocenters. The number of hydrogen-bond donors (Lipinski definition) is 1. The molecule has 0 fully saturated rings. The highest BCUT2D eigenvalue weighted by molar-refractivity contribution is 6.15. The number of ketones is 1. The van der Waals surface area contributed by atoms with Crippen molar-refractivity contribution in [1.82, 2.24) is 4.98 Å². The van der Waals surface area contributed by atoms with Gasteiger partial charge in [-0.05, 0) is 50.1 Å². The number of ether oxygens (including phenoxy) is 2. The number of nitrogens with one attached hydrogen (secondary N) is 1. The van der Waals surface area contributed by atoms with E-state index in [4.69, 9.17) is 9.47 Å². The molecular formula is C22H22N2O4. The maximum absolute atomic E-state index is 12.8. The van der Waals surface area contributed by atoms with Crippen LogP contribution in [0.1, 0.15) is 44.6 Å². The summed E-state index contributed by atoms with van der Waals surface area (Å²) < 4.78 is 10.4. The van der Waals surface area contributed by atoms with E-state index >= 15 is 0 Å². The Morgan fingerprint density at radius 2 is 1.93 bits per heavy atom. The number of aromatic nitrogens is 1. The Morgan fingerprint density at radius 1 is 1.25 bits per heavy atom. The van der Waals surface area contributed by atoms with Gasteiger partial charge in [-0.3, -0.25) is 4.79 Å². The fourth-order valence-corrected chi connectivity index (χ4v) is 2.75. The van der Waals surface area contributed by atoms with Gasteiger partial charge in [0.25, 0.3) is 0 Å². The quantitative estimate of drug-likeness (QED) is 0.245. The summed E-state index contributed by atoms with van der Waals surface area (Å²) in [4.78, 5) is 27.9. The maximum Gasteiger partial charge on any atom is 0.340 e. The van der Waals surface area contributed by atoms with Crippen LogP contribution in [0.4, 0.5) is 0 Å². The monoisotopic (exact) mass is 378 g/mol. The number of carbonyl (C=O) groups excluding carboxylic acids is 2. The molecule has 28 heavy (non-hydrogen) atoms. The number of aromatic amines is 1. The fourth-order valence-electron chi connectivity index (χ4n) is 2.75. The van der Waals surface area contributed by atoms with Gasteiger partial charge >= 0.3 is 5.97 Å². The van der Waals surface area contributed by atoms with E-state index in [0.717, 1.165) is 0 Å². The lowest BCUT2D eigenvalue weighted by Gasteiger charge is -2.04. The summed E-state index contributed by atoms with van der Waals surface area (Å²) in [5.41, 5.74) is 2.17. The first-order valence-electron chi connectivity index (χ1n) is 8.79. The summed E-state index contributed by atoms with van der Waals surface area (Å²) in [6.07, 6.45) is 3.14. The number of aryl methyl sites for hydroxylation is 1. The second kappa shape index (κ2) is 9.38. The lowest BCUT2D eigenvalue weighted by Crippen LogP contribution is -2.08. The standard InChI is InChI=1S/C22H22N2O4/c1-5-11-28-18-9-7-16(8-10-18)12-17(13-23)21(25)20-14(3)19(15(4)24-20)22(26)27-6-2/h5,7-10,12,24H,1,6,11H2,2-4H3/b17-12+. The number of rotatable bonds is 8. The van der Waals surface area contributed by atoms with Crippen molar-refractivity contribution in [2.45, 2.75) is 20.8 Å². The molecule has 0 amide bonds. The van der Waals surface area contributed by atoms with Crippen molar-refractivity contribution < 1.29 is 19.1 Å². The highest BCUT2D eigenvalue weighted by Crippen LogP contribution is 2.23.